The lowest BCUT2D eigenvalue weighted by molar-refractivity contribution is 0.0294. The van der Waals surface area contributed by atoms with Crippen LogP contribution in [0.15, 0.2) is 18.2 Å². The minimum absolute atomic E-state index is 0.0820. The van der Waals surface area contributed by atoms with Gasteiger partial charge in [-0.1, -0.05) is 6.07 Å². The van der Waals surface area contributed by atoms with E-state index in [-0.39, 0.29) is 6.04 Å². The molecule has 0 radical (unpaired) electrons. The highest BCUT2D eigenvalue weighted by Gasteiger charge is 2.22. The summed E-state index contributed by atoms with van der Waals surface area (Å²) in [4.78, 5) is 2.37. The van der Waals surface area contributed by atoms with Gasteiger partial charge in [0.25, 0.3) is 0 Å². The summed E-state index contributed by atoms with van der Waals surface area (Å²) in [6.45, 7) is 2.83. The fraction of sp³-hybridized carbons (Fsp3) is 0.625. The van der Waals surface area contributed by atoms with E-state index in [2.05, 4.69) is 4.90 Å². The van der Waals surface area contributed by atoms with Gasteiger partial charge < -0.3 is 19.9 Å². The highest BCUT2D eigenvalue weighted by molar-refractivity contribution is 5.42. The molecule has 1 aliphatic rings. The summed E-state index contributed by atoms with van der Waals surface area (Å²) in [5, 5.41) is 0. The van der Waals surface area contributed by atoms with Crippen LogP contribution in [0, 0.1) is 0 Å². The third-order valence-electron chi connectivity index (χ3n) is 4.09. The first kappa shape index (κ1) is 16.1. The van der Waals surface area contributed by atoms with Crippen molar-refractivity contribution in [1.29, 1.82) is 0 Å². The van der Waals surface area contributed by atoms with Gasteiger partial charge >= 0.3 is 0 Å². The van der Waals surface area contributed by atoms with Crippen LogP contribution in [0.1, 0.15) is 24.4 Å². The number of hydrogen-bond donors (Lipinski definition) is 1. The monoisotopic (exact) mass is 294 g/mol. The molecule has 0 aliphatic carbocycles. The van der Waals surface area contributed by atoms with Crippen molar-refractivity contribution in [2.75, 3.05) is 41.0 Å². The molecular weight excluding hydrogens is 268 g/mol. The molecule has 0 bridgehead atoms. The summed E-state index contributed by atoms with van der Waals surface area (Å²) in [6, 6.07) is 5.71. The predicted octanol–water partition coefficient (Wildman–Crippen LogP) is 1.81. The number of methoxy groups -OCH3 is 3. The molecule has 5 heteroatoms. The molecule has 2 rings (SSSR count). The molecule has 2 atom stereocenters. The largest absolute Gasteiger partial charge is 0.497 e. The topological polar surface area (TPSA) is 57.0 Å². The fourth-order valence-corrected chi connectivity index (χ4v) is 2.87. The Balaban J connectivity index is 2.04. The second-order valence-electron chi connectivity index (χ2n) is 5.47. The van der Waals surface area contributed by atoms with E-state index >= 15 is 0 Å². The number of nitrogens with two attached hydrogens (primary N) is 1. The van der Waals surface area contributed by atoms with Crippen LogP contribution in [0.4, 0.5) is 0 Å². The van der Waals surface area contributed by atoms with E-state index in [1.807, 2.05) is 18.2 Å². The first-order chi connectivity index (χ1) is 10.2. The summed E-state index contributed by atoms with van der Waals surface area (Å²) >= 11 is 0. The first-order valence-corrected chi connectivity index (χ1v) is 7.40. The lowest BCUT2D eigenvalue weighted by Gasteiger charge is -2.33. The van der Waals surface area contributed by atoms with Crippen LogP contribution in [0.3, 0.4) is 0 Å². The maximum atomic E-state index is 6.38. The summed E-state index contributed by atoms with van der Waals surface area (Å²) < 4.78 is 16.1. The minimum atomic E-state index is -0.0820. The molecule has 1 fully saturated rings. The third-order valence-corrected chi connectivity index (χ3v) is 4.09. The van der Waals surface area contributed by atoms with Gasteiger partial charge in [-0.3, -0.25) is 4.90 Å². The smallest absolute Gasteiger partial charge is 0.127 e. The Morgan fingerprint density at radius 1 is 1.29 bits per heavy atom. The van der Waals surface area contributed by atoms with Crippen molar-refractivity contribution in [3.8, 4) is 11.5 Å². The Morgan fingerprint density at radius 3 is 2.76 bits per heavy atom. The van der Waals surface area contributed by atoms with E-state index in [4.69, 9.17) is 19.9 Å². The second-order valence-corrected chi connectivity index (χ2v) is 5.47. The van der Waals surface area contributed by atoms with Gasteiger partial charge in [-0.05, 0) is 25.5 Å². The third kappa shape index (κ3) is 4.09. The molecular formula is C16H26N2O3. The zero-order valence-corrected chi connectivity index (χ0v) is 13.2. The van der Waals surface area contributed by atoms with Crippen LogP contribution < -0.4 is 15.2 Å². The molecule has 1 aliphatic heterocycles. The molecule has 1 heterocycles. The van der Waals surface area contributed by atoms with E-state index in [0.717, 1.165) is 49.5 Å². The van der Waals surface area contributed by atoms with Gasteiger partial charge in [-0.15, -0.1) is 0 Å². The van der Waals surface area contributed by atoms with Crippen LogP contribution >= 0.6 is 0 Å². The average molecular weight is 294 g/mol. The van der Waals surface area contributed by atoms with Gasteiger partial charge in [0, 0.05) is 37.9 Å². The normalized spacial score (nSPS) is 21.0. The Morgan fingerprint density at radius 2 is 2.10 bits per heavy atom. The minimum Gasteiger partial charge on any atom is -0.497 e. The zero-order valence-electron chi connectivity index (χ0n) is 13.2. The van der Waals surface area contributed by atoms with Gasteiger partial charge in [0.15, 0.2) is 0 Å². The SMILES string of the molecule is COc1ccc(C(N)CN2CCCC(OC)C2)c(OC)c1. The van der Waals surface area contributed by atoms with Crippen LogP contribution in [0.25, 0.3) is 0 Å². The van der Waals surface area contributed by atoms with Crippen LogP contribution in [-0.2, 0) is 4.74 Å². The van der Waals surface area contributed by atoms with Crippen molar-refractivity contribution < 1.29 is 14.2 Å². The maximum absolute atomic E-state index is 6.38. The van der Waals surface area contributed by atoms with E-state index in [1.165, 1.54) is 0 Å². The zero-order chi connectivity index (χ0) is 15.2. The number of rotatable bonds is 6. The lowest BCUT2D eigenvalue weighted by atomic mass is 10.0. The Kier molecular flexibility index (Phi) is 5.85. The fourth-order valence-electron chi connectivity index (χ4n) is 2.87. The van der Waals surface area contributed by atoms with E-state index in [0.29, 0.717) is 6.10 Å². The number of ether oxygens (including phenoxy) is 3. The summed E-state index contributed by atoms with van der Waals surface area (Å²) in [5.74, 6) is 1.56. The Bertz CT molecular complexity index is 453. The van der Waals surface area contributed by atoms with Gasteiger partial charge in [-0.25, -0.2) is 0 Å². The van der Waals surface area contributed by atoms with Crippen molar-refractivity contribution in [2.45, 2.75) is 25.0 Å². The van der Waals surface area contributed by atoms with Crippen LogP contribution in [0.5, 0.6) is 11.5 Å². The quantitative estimate of drug-likeness (QED) is 0.867. The van der Waals surface area contributed by atoms with Crippen molar-refractivity contribution in [1.82, 2.24) is 4.90 Å². The molecule has 0 spiro atoms. The molecule has 2 unspecified atom stereocenters. The molecule has 0 amide bonds. The number of hydrogen-bond acceptors (Lipinski definition) is 5. The van der Waals surface area contributed by atoms with Crippen molar-refractivity contribution in [3.63, 3.8) is 0 Å². The summed E-state index contributed by atoms with van der Waals surface area (Å²) in [7, 11) is 5.08. The van der Waals surface area contributed by atoms with Gasteiger partial charge in [0.05, 0.1) is 20.3 Å². The van der Waals surface area contributed by atoms with Gasteiger partial charge in [-0.2, -0.15) is 0 Å². The molecule has 1 saturated heterocycles. The number of likely N-dealkylation sites (tertiary alicyclic amines) is 1. The van der Waals surface area contributed by atoms with Crippen LogP contribution in [0.2, 0.25) is 0 Å². The molecule has 0 saturated carbocycles. The highest BCUT2D eigenvalue weighted by atomic mass is 16.5. The standard InChI is InChI=1S/C16H26N2O3/c1-19-12-6-7-14(16(9-12)21-3)15(17)11-18-8-4-5-13(10-18)20-2/h6-7,9,13,15H,4-5,8,10-11,17H2,1-3H3. The second kappa shape index (κ2) is 7.64. The number of benzene rings is 1. The van der Waals surface area contributed by atoms with Gasteiger partial charge in [0.2, 0.25) is 0 Å². The molecule has 1 aromatic carbocycles. The lowest BCUT2D eigenvalue weighted by Crippen LogP contribution is -2.42. The summed E-state index contributed by atoms with van der Waals surface area (Å²) in [5.41, 5.74) is 7.39. The Hall–Kier alpha value is -1.30. The molecule has 0 aromatic heterocycles. The van der Waals surface area contributed by atoms with Crippen molar-refractivity contribution in [2.24, 2.45) is 5.73 Å². The van der Waals surface area contributed by atoms with Crippen molar-refractivity contribution >= 4 is 0 Å². The first-order valence-electron chi connectivity index (χ1n) is 7.40. The van der Waals surface area contributed by atoms with E-state index in [1.54, 1.807) is 21.3 Å². The number of piperidine rings is 1. The molecule has 118 valence electrons. The highest BCUT2D eigenvalue weighted by Crippen LogP contribution is 2.29. The number of nitrogens with zero attached hydrogens (tertiary/aromatic N) is 1. The van der Waals surface area contributed by atoms with E-state index in [9.17, 15) is 0 Å². The summed E-state index contributed by atoms with van der Waals surface area (Å²) in [6.07, 6.45) is 2.61. The average Bonchev–Trinajstić information content (AvgIpc) is 2.54. The Labute approximate surface area is 127 Å². The van der Waals surface area contributed by atoms with Gasteiger partial charge in [0.1, 0.15) is 11.5 Å². The molecule has 21 heavy (non-hydrogen) atoms. The molecule has 2 N–H and O–H groups in total. The molecule has 5 nitrogen and oxygen atoms in total. The molecule has 1 aromatic rings. The predicted molar refractivity (Wildman–Crippen MR) is 82.9 cm³/mol. The van der Waals surface area contributed by atoms with Crippen molar-refractivity contribution in [3.05, 3.63) is 23.8 Å². The maximum Gasteiger partial charge on any atom is 0.127 e. The van der Waals surface area contributed by atoms with E-state index < -0.39 is 0 Å². The van der Waals surface area contributed by atoms with Crippen LogP contribution in [-0.4, -0.2) is 52.0 Å².